The molecule has 2 aromatic heterocycles. The van der Waals surface area contributed by atoms with Crippen LogP contribution in [0, 0.1) is 47.8 Å². The third-order valence-electron chi connectivity index (χ3n) is 5.62. The second-order valence-electron chi connectivity index (χ2n) is 8.83. The number of amides is 1. The Morgan fingerprint density at radius 1 is 1.30 bits per heavy atom. The molecule has 5 nitrogen and oxygen atoms in total. The summed E-state index contributed by atoms with van der Waals surface area (Å²) < 4.78 is 0. The average Bonchev–Trinajstić information content (AvgIpc) is 3.01. The van der Waals surface area contributed by atoms with Crippen molar-refractivity contribution < 1.29 is 4.79 Å². The number of thioether (sulfide) groups is 1. The minimum atomic E-state index is -0.188. The molecule has 3 rings (SSSR count). The van der Waals surface area contributed by atoms with Gasteiger partial charge in [-0.1, -0.05) is 32.5 Å². The van der Waals surface area contributed by atoms with Crippen LogP contribution in [0.4, 0.5) is 5.00 Å². The summed E-state index contributed by atoms with van der Waals surface area (Å²) in [5.41, 5.74) is 4.14. The zero-order chi connectivity index (χ0) is 22.1. The Kier molecular flexibility index (Phi) is 6.55. The SMILES string of the molecule is Cc1cc(C)c(C#N)c(SCC(=O)Nc2sc3c(c2C#N)CCC(C(C)(C)C)C3)n1. The number of thiophene rings is 1. The minimum Gasteiger partial charge on any atom is -0.316 e. The summed E-state index contributed by atoms with van der Waals surface area (Å²) in [7, 11) is 0. The molecule has 0 radical (unpaired) electrons. The summed E-state index contributed by atoms with van der Waals surface area (Å²) >= 11 is 2.79. The van der Waals surface area contributed by atoms with Crippen LogP contribution in [0.15, 0.2) is 11.1 Å². The van der Waals surface area contributed by atoms with E-state index >= 15 is 0 Å². The van der Waals surface area contributed by atoms with E-state index in [0.717, 1.165) is 36.1 Å². The largest absolute Gasteiger partial charge is 0.316 e. The minimum absolute atomic E-state index is 0.141. The Hall–Kier alpha value is -2.35. The molecule has 0 aliphatic heterocycles. The van der Waals surface area contributed by atoms with E-state index in [1.54, 1.807) is 0 Å². The van der Waals surface area contributed by atoms with Crippen molar-refractivity contribution in [2.24, 2.45) is 11.3 Å². The standard InChI is InChI=1S/C23H26N4OS2/c1-13-8-14(2)26-21(17(13)10-24)29-12-20(28)27-22-18(11-25)16-7-6-15(23(3,4)5)9-19(16)30-22/h8,15H,6-7,9,12H2,1-5H3,(H,27,28). The smallest absolute Gasteiger partial charge is 0.235 e. The van der Waals surface area contributed by atoms with Gasteiger partial charge < -0.3 is 5.32 Å². The molecule has 0 spiro atoms. The number of rotatable bonds is 4. The van der Waals surface area contributed by atoms with Crippen LogP contribution in [0.1, 0.15) is 60.0 Å². The molecular formula is C23H26N4OS2. The Balaban J connectivity index is 1.74. The van der Waals surface area contributed by atoms with Crippen molar-refractivity contribution in [3.63, 3.8) is 0 Å². The predicted molar refractivity (Wildman–Crippen MR) is 122 cm³/mol. The first-order valence-electron chi connectivity index (χ1n) is 9.99. The van der Waals surface area contributed by atoms with Crippen molar-refractivity contribution >= 4 is 34.0 Å². The lowest BCUT2D eigenvalue weighted by atomic mass is 9.72. The Labute approximate surface area is 186 Å². The van der Waals surface area contributed by atoms with Gasteiger partial charge in [-0.05, 0) is 61.6 Å². The van der Waals surface area contributed by atoms with Gasteiger partial charge in [0.2, 0.25) is 5.91 Å². The molecule has 1 unspecified atom stereocenters. The molecule has 1 N–H and O–H groups in total. The molecule has 7 heteroatoms. The summed E-state index contributed by atoms with van der Waals surface area (Å²) in [6, 6.07) is 6.34. The first-order valence-corrected chi connectivity index (χ1v) is 11.8. The van der Waals surface area contributed by atoms with Crippen molar-refractivity contribution in [3.05, 3.63) is 38.9 Å². The Morgan fingerprint density at radius 3 is 2.63 bits per heavy atom. The number of nitrogens with one attached hydrogen (secondary N) is 1. The molecular weight excluding hydrogens is 412 g/mol. The predicted octanol–water partition coefficient (Wildman–Crippen LogP) is 5.39. The van der Waals surface area contributed by atoms with Crippen molar-refractivity contribution in [2.45, 2.75) is 58.9 Å². The number of aryl methyl sites for hydroxylation is 2. The molecule has 0 fully saturated rings. The lowest BCUT2D eigenvalue weighted by Crippen LogP contribution is -2.26. The zero-order valence-electron chi connectivity index (χ0n) is 18.0. The third kappa shape index (κ3) is 4.69. The summed E-state index contributed by atoms with van der Waals surface area (Å²) in [5, 5.41) is 23.2. The van der Waals surface area contributed by atoms with E-state index in [-0.39, 0.29) is 17.1 Å². The number of fused-ring (bicyclic) bond motifs is 1. The fraction of sp³-hybridized carbons (Fsp3) is 0.478. The van der Waals surface area contributed by atoms with Gasteiger partial charge in [-0.15, -0.1) is 11.3 Å². The Bertz CT molecular complexity index is 1070. The Morgan fingerprint density at radius 2 is 2.00 bits per heavy atom. The highest BCUT2D eigenvalue weighted by molar-refractivity contribution is 8.00. The van der Waals surface area contributed by atoms with Gasteiger partial charge in [-0.25, -0.2) is 4.98 Å². The number of carbonyl (C=O) groups excluding carboxylic acids is 1. The fourth-order valence-electron chi connectivity index (χ4n) is 3.87. The summed E-state index contributed by atoms with van der Waals surface area (Å²) in [6.07, 6.45) is 2.92. The number of pyridine rings is 1. The normalized spacial score (nSPS) is 15.8. The molecule has 30 heavy (non-hydrogen) atoms. The zero-order valence-corrected chi connectivity index (χ0v) is 19.7. The highest BCUT2D eigenvalue weighted by atomic mass is 32.2. The molecule has 1 amide bonds. The quantitative estimate of drug-likeness (QED) is 0.647. The van der Waals surface area contributed by atoms with Crippen LogP contribution in [-0.4, -0.2) is 16.6 Å². The molecule has 2 heterocycles. The number of nitrogens with zero attached hydrogens (tertiary/aromatic N) is 3. The van der Waals surface area contributed by atoms with Crippen molar-refractivity contribution in [1.29, 1.82) is 10.5 Å². The van der Waals surface area contributed by atoms with Gasteiger partial charge in [0.25, 0.3) is 0 Å². The summed E-state index contributed by atoms with van der Waals surface area (Å²) in [5.74, 6) is 0.532. The number of hydrogen-bond acceptors (Lipinski definition) is 6. The first kappa shape index (κ1) is 22.3. The van der Waals surface area contributed by atoms with Crippen molar-refractivity contribution in [3.8, 4) is 12.1 Å². The lowest BCUT2D eigenvalue weighted by molar-refractivity contribution is -0.113. The molecule has 2 aromatic rings. The maximum atomic E-state index is 12.6. The second kappa shape index (κ2) is 8.79. The van der Waals surface area contributed by atoms with E-state index in [2.05, 4.69) is 43.2 Å². The average molecular weight is 439 g/mol. The van der Waals surface area contributed by atoms with Gasteiger partial charge >= 0.3 is 0 Å². The van der Waals surface area contributed by atoms with Crippen molar-refractivity contribution in [1.82, 2.24) is 4.98 Å². The number of anilines is 1. The van der Waals surface area contributed by atoms with Crippen LogP contribution in [0.3, 0.4) is 0 Å². The van der Waals surface area contributed by atoms with Gasteiger partial charge in [0, 0.05) is 10.6 Å². The van der Waals surface area contributed by atoms with Crippen LogP contribution < -0.4 is 5.32 Å². The number of aromatic nitrogens is 1. The van der Waals surface area contributed by atoms with Gasteiger partial charge in [0.05, 0.1) is 16.9 Å². The fourth-order valence-corrected chi connectivity index (χ4v) is 6.06. The van der Waals surface area contributed by atoms with Gasteiger partial charge in [-0.3, -0.25) is 4.79 Å². The first-order chi connectivity index (χ1) is 14.1. The van der Waals surface area contributed by atoms with E-state index in [0.29, 0.717) is 27.1 Å². The number of nitriles is 2. The van der Waals surface area contributed by atoms with E-state index in [4.69, 9.17) is 0 Å². The molecule has 1 aliphatic carbocycles. The van der Waals surface area contributed by atoms with Gasteiger partial charge in [0.15, 0.2) is 0 Å². The van der Waals surface area contributed by atoms with Crippen LogP contribution in [0.5, 0.6) is 0 Å². The summed E-state index contributed by atoms with van der Waals surface area (Å²) in [6.45, 7) is 10.5. The van der Waals surface area contributed by atoms with E-state index < -0.39 is 0 Å². The number of hydrogen-bond donors (Lipinski definition) is 1. The van der Waals surface area contributed by atoms with Gasteiger partial charge in [0.1, 0.15) is 22.2 Å². The highest BCUT2D eigenvalue weighted by Crippen LogP contribution is 2.44. The van der Waals surface area contributed by atoms with Crippen molar-refractivity contribution in [2.75, 3.05) is 11.1 Å². The molecule has 0 bridgehead atoms. The maximum Gasteiger partial charge on any atom is 0.235 e. The van der Waals surface area contributed by atoms with E-state index in [1.807, 2.05) is 19.9 Å². The van der Waals surface area contributed by atoms with Crippen LogP contribution in [0.25, 0.3) is 0 Å². The number of carbonyl (C=O) groups is 1. The molecule has 0 aromatic carbocycles. The van der Waals surface area contributed by atoms with Gasteiger partial charge in [-0.2, -0.15) is 10.5 Å². The second-order valence-corrected chi connectivity index (χ2v) is 10.9. The molecule has 1 aliphatic rings. The van der Waals surface area contributed by atoms with E-state index in [1.165, 1.54) is 28.0 Å². The van der Waals surface area contributed by atoms with Crippen LogP contribution >= 0.6 is 23.1 Å². The lowest BCUT2D eigenvalue weighted by Gasteiger charge is -2.33. The maximum absolute atomic E-state index is 12.6. The topological polar surface area (TPSA) is 89.6 Å². The van der Waals surface area contributed by atoms with Crippen LogP contribution in [-0.2, 0) is 17.6 Å². The third-order valence-corrected chi connectivity index (χ3v) is 7.76. The molecule has 156 valence electrons. The molecule has 0 saturated heterocycles. The van der Waals surface area contributed by atoms with Crippen LogP contribution in [0.2, 0.25) is 0 Å². The summed E-state index contributed by atoms with van der Waals surface area (Å²) in [4.78, 5) is 18.3. The highest BCUT2D eigenvalue weighted by Gasteiger charge is 2.32. The van der Waals surface area contributed by atoms with E-state index in [9.17, 15) is 15.3 Å². The monoisotopic (exact) mass is 438 g/mol. The molecule has 0 saturated carbocycles. The molecule has 1 atom stereocenters.